The van der Waals surface area contributed by atoms with Crippen LogP contribution in [0, 0.1) is 6.92 Å². The maximum absolute atomic E-state index is 13.3. The third kappa shape index (κ3) is 4.61. The molecule has 0 aliphatic carbocycles. The Morgan fingerprint density at radius 3 is 2.39 bits per heavy atom. The molecule has 3 heterocycles. The normalized spacial score (nSPS) is 14.0. The number of nitrogens with zero attached hydrogens (tertiary/aromatic N) is 3. The van der Waals surface area contributed by atoms with Crippen LogP contribution in [-0.2, 0) is 0 Å². The Hall–Kier alpha value is -3.64. The van der Waals surface area contributed by atoms with E-state index in [1.165, 1.54) is 12.8 Å². The molecule has 0 unspecified atom stereocenters. The first-order valence-electron chi connectivity index (χ1n) is 11.5. The van der Waals surface area contributed by atoms with Gasteiger partial charge in [0, 0.05) is 35.7 Å². The van der Waals surface area contributed by atoms with Crippen molar-refractivity contribution < 1.29 is 4.74 Å². The van der Waals surface area contributed by atoms with Gasteiger partial charge in [0.2, 0.25) is 0 Å². The molecule has 168 valence electrons. The molecule has 1 N–H and O–H groups in total. The van der Waals surface area contributed by atoms with Crippen molar-refractivity contribution in [3.05, 3.63) is 88.7 Å². The summed E-state index contributed by atoms with van der Waals surface area (Å²) in [7, 11) is 0. The van der Waals surface area contributed by atoms with Gasteiger partial charge in [0.1, 0.15) is 23.6 Å². The Morgan fingerprint density at radius 2 is 1.67 bits per heavy atom. The molecule has 2 aromatic heterocycles. The Balaban J connectivity index is 1.62. The molecule has 0 bridgehead atoms. The molecule has 33 heavy (non-hydrogen) atoms. The maximum Gasteiger partial charge on any atom is 0.196 e. The second kappa shape index (κ2) is 9.46. The number of anilines is 2. The lowest BCUT2D eigenvalue weighted by Gasteiger charge is -2.20. The summed E-state index contributed by atoms with van der Waals surface area (Å²) in [4.78, 5) is 20.5. The molecule has 0 atom stereocenters. The highest BCUT2D eigenvalue weighted by atomic mass is 16.5. The summed E-state index contributed by atoms with van der Waals surface area (Å²) in [5.41, 5.74) is 3.10. The number of aryl methyl sites for hydroxylation is 1. The average Bonchev–Trinajstić information content (AvgIpc) is 3.33. The number of ether oxygens (including phenoxy) is 1. The highest BCUT2D eigenvalue weighted by molar-refractivity contribution is 5.86. The van der Waals surface area contributed by atoms with E-state index < -0.39 is 0 Å². The van der Waals surface area contributed by atoms with Gasteiger partial charge in [-0.15, -0.1) is 0 Å². The molecule has 1 aliphatic heterocycles. The molecule has 1 aliphatic rings. The smallest absolute Gasteiger partial charge is 0.196 e. The van der Waals surface area contributed by atoms with E-state index in [1.54, 1.807) is 6.07 Å². The fourth-order valence-corrected chi connectivity index (χ4v) is 4.40. The van der Waals surface area contributed by atoms with Crippen molar-refractivity contribution in [3.8, 4) is 11.4 Å². The fraction of sp³-hybridized carbons (Fsp3) is 0.259. The highest BCUT2D eigenvalue weighted by Crippen LogP contribution is 2.29. The lowest BCUT2D eigenvalue weighted by atomic mass is 10.2. The highest BCUT2D eigenvalue weighted by Gasteiger charge is 2.18. The van der Waals surface area contributed by atoms with E-state index in [4.69, 9.17) is 9.72 Å². The number of para-hydroxylation sites is 2. The molecule has 5 rings (SSSR count). The summed E-state index contributed by atoms with van der Waals surface area (Å²) >= 11 is 0. The SMILES string of the molecule is Cc1cc(OCCN2CCCC2)c2c(=O)cc(Nc3ccccc3)n(-c3ccccc3)c2n1. The van der Waals surface area contributed by atoms with Crippen LogP contribution in [0.3, 0.4) is 0 Å². The summed E-state index contributed by atoms with van der Waals surface area (Å²) in [5, 5.41) is 3.90. The number of likely N-dealkylation sites (tertiary alicyclic amines) is 1. The zero-order valence-electron chi connectivity index (χ0n) is 18.8. The first-order chi connectivity index (χ1) is 16.2. The first-order valence-corrected chi connectivity index (χ1v) is 11.5. The van der Waals surface area contributed by atoms with Crippen LogP contribution >= 0.6 is 0 Å². The zero-order valence-corrected chi connectivity index (χ0v) is 18.8. The van der Waals surface area contributed by atoms with Crippen molar-refractivity contribution in [2.75, 3.05) is 31.6 Å². The molecule has 6 nitrogen and oxygen atoms in total. The number of nitrogens with one attached hydrogen (secondary N) is 1. The van der Waals surface area contributed by atoms with Crippen LogP contribution in [0.2, 0.25) is 0 Å². The van der Waals surface area contributed by atoms with Gasteiger partial charge in [0.05, 0.1) is 0 Å². The van der Waals surface area contributed by atoms with E-state index in [0.717, 1.165) is 36.7 Å². The summed E-state index contributed by atoms with van der Waals surface area (Å²) in [6.07, 6.45) is 2.49. The third-order valence-electron chi connectivity index (χ3n) is 5.98. The minimum Gasteiger partial charge on any atom is -0.491 e. The average molecular weight is 441 g/mol. The Morgan fingerprint density at radius 1 is 0.970 bits per heavy atom. The Labute approximate surface area is 193 Å². The predicted molar refractivity (Wildman–Crippen MR) is 133 cm³/mol. The van der Waals surface area contributed by atoms with Crippen LogP contribution in [-0.4, -0.2) is 40.7 Å². The van der Waals surface area contributed by atoms with Gasteiger partial charge in [-0.05, 0) is 57.1 Å². The third-order valence-corrected chi connectivity index (χ3v) is 5.98. The van der Waals surface area contributed by atoms with Gasteiger partial charge >= 0.3 is 0 Å². The van der Waals surface area contributed by atoms with Gasteiger partial charge in [-0.1, -0.05) is 36.4 Å². The molecule has 1 saturated heterocycles. The number of aromatic nitrogens is 2. The fourth-order valence-electron chi connectivity index (χ4n) is 4.40. The summed E-state index contributed by atoms with van der Waals surface area (Å²) in [6, 6.07) is 23.3. The van der Waals surface area contributed by atoms with Crippen LogP contribution in [0.1, 0.15) is 18.5 Å². The lowest BCUT2D eigenvalue weighted by Crippen LogP contribution is -2.25. The Bertz CT molecular complexity index is 1300. The van der Waals surface area contributed by atoms with E-state index in [1.807, 2.05) is 78.2 Å². The molecule has 0 spiro atoms. The molecule has 0 radical (unpaired) electrons. The van der Waals surface area contributed by atoms with Gasteiger partial charge in [0.25, 0.3) is 0 Å². The standard InChI is InChI=1S/C27H28N4O2/c1-20-18-24(33-17-16-30-14-8-9-15-30)26-23(32)19-25(29-21-10-4-2-5-11-21)31(27(26)28-20)22-12-6-3-7-13-22/h2-7,10-13,18-19,29H,8-9,14-17H2,1H3. The topological polar surface area (TPSA) is 59.4 Å². The van der Waals surface area contributed by atoms with Crippen LogP contribution in [0.25, 0.3) is 16.7 Å². The minimum absolute atomic E-state index is 0.112. The summed E-state index contributed by atoms with van der Waals surface area (Å²) in [5.74, 6) is 1.25. The molecule has 0 amide bonds. The molecular formula is C27H28N4O2. The van der Waals surface area contributed by atoms with Crippen molar-refractivity contribution in [3.63, 3.8) is 0 Å². The van der Waals surface area contributed by atoms with Crippen LogP contribution in [0.4, 0.5) is 11.5 Å². The van der Waals surface area contributed by atoms with E-state index in [9.17, 15) is 4.79 Å². The van der Waals surface area contributed by atoms with E-state index in [0.29, 0.717) is 29.2 Å². The van der Waals surface area contributed by atoms with Gasteiger partial charge in [-0.2, -0.15) is 0 Å². The quantitative estimate of drug-likeness (QED) is 0.442. The van der Waals surface area contributed by atoms with Gasteiger partial charge in [-0.3, -0.25) is 14.3 Å². The van der Waals surface area contributed by atoms with Gasteiger partial charge < -0.3 is 10.1 Å². The molecule has 6 heteroatoms. The number of hydrogen-bond donors (Lipinski definition) is 1. The Kier molecular flexibility index (Phi) is 6.09. The van der Waals surface area contributed by atoms with Crippen LogP contribution in [0.15, 0.2) is 77.6 Å². The second-order valence-corrected chi connectivity index (χ2v) is 8.41. The largest absolute Gasteiger partial charge is 0.491 e. The molecule has 1 fully saturated rings. The number of hydrogen-bond acceptors (Lipinski definition) is 5. The van der Waals surface area contributed by atoms with E-state index >= 15 is 0 Å². The number of fused-ring (bicyclic) bond motifs is 1. The van der Waals surface area contributed by atoms with Crippen molar-refractivity contribution >= 4 is 22.5 Å². The summed E-state index contributed by atoms with van der Waals surface area (Å²) < 4.78 is 8.17. The van der Waals surface area contributed by atoms with Crippen LogP contribution < -0.4 is 15.5 Å². The predicted octanol–water partition coefficient (Wildman–Crippen LogP) is 4.91. The second-order valence-electron chi connectivity index (χ2n) is 8.41. The molecular weight excluding hydrogens is 412 g/mol. The van der Waals surface area contributed by atoms with Crippen molar-refractivity contribution in [2.45, 2.75) is 19.8 Å². The van der Waals surface area contributed by atoms with E-state index in [-0.39, 0.29) is 5.43 Å². The maximum atomic E-state index is 13.3. The molecule has 0 saturated carbocycles. The lowest BCUT2D eigenvalue weighted by molar-refractivity contribution is 0.239. The van der Waals surface area contributed by atoms with Crippen LogP contribution in [0.5, 0.6) is 5.75 Å². The van der Waals surface area contributed by atoms with Gasteiger partial charge in [0.15, 0.2) is 11.1 Å². The molecule has 2 aromatic carbocycles. The van der Waals surface area contributed by atoms with Gasteiger partial charge in [-0.25, -0.2) is 4.98 Å². The number of rotatable bonds is 7. The first kappa shape index (κ1) is 21.2. The minimum atomic E-state index is -0.112. The van der Waals surface area contributed by atoms with Crippen molar-refractivity contribution in [1.29, 1.82) is 0 Å². The number of benzene rings is 2. The van der Waals surface area contributed by atoms with Crippen molar-refractivity contribution in [1.82, 2.24) is 14.5 Å². The zero-order chi connectivity index (χ0) is 22.6. The monoisotopic (exact) mass is 440 g/mol. The molecule has 4 aromatic rings. The van der Waals surface area contributed by atoms with E-state index in [2.05, 4.69) is 10.2 Å². The van der Waals surface area contributed by atoms with Crippen molar-refractivity contribution in [2.24, 2.45) is 0 Å². The number of pyridine rings is 2. The summed E-state index contributed by atoms with van der Waals surface area (Å²) in [6.45, 7) is 5.59.